The molecule has 0 radical (unpaired) electrons. The van der Waals surface area contributed by atoms with Gasteiger partial charge in [-0.05, 0) is 51.7 Å². The Hall–Kier alpha value is -1.84. The van der Waals surface area contributed by atoms with Gasteiger partial charge in [-0.2, -0.15) is 0 Å². The third-order valence-corrected chi connectivity index (χ3v) is 7.94. The number of nitrogens with one attached hydrogen (secondary N) is 1. The van der Waals surface area contributed by atoms with Gasteiger partial charge in [0.25, 0.3) is 0 Å². The lowest BCUT2D eigenvalue weighted by atomic mass is 9.85. The predicted molar refractivity (Wildman–Crippen MR) is 119 cm³/mol. The number of ether oxygens (including phenoxy) is 2. The van der Waals surface area contributed by atoms with E-state index in [1.807, 2.05) is 4.90 Å². The van der Waals surface area contributed by atoms with Crippen molar-refractivity contribution in [3.05, 3.63) is 18.2 Å². The van der Waals surface area contributed by atoms with Crippen molar-refractivity contribution in [3.8, 4) is 11.5 Å². The first-order valence-corrected chi connectivity index (χ1v) is 12.5. The number of nitrogens with zero attached hydrogens (tertiary/aromatic N) is 2. The van der Waals surface area contributed by atoms with Crippen LogP contribution in [0.1, 0.15) is 39.5 Å². The fourth-order valence-corrected chi connectivity index (χ4v) is 5.77. The Balaban J connectivity index is 1.53. The summed E-state index contributed by atoms with van der Waals surface area (Å²) in [5.74, 6) is 1.07. The zero-order chi connectivity index (χ0) is 22.6. The number of carbonyl (C=O) groups is 1. The highest BCUT2D eigenvalue weighted by atomic mass is 32.2. The van der Waals surface area contributed by atoms with Crippen LogP contribution in [-0.4, -0.2) is 76.6 Å². The van der Waals surface area contributed by atoms with Crippen LogP contribution in [0.25, 0.3) is 0 Å². The maximum atomic E-state index is 12.9. The van der Waals surface area contributed by atoms with E-state index in [0.29, 0.717) is 43.2 Å². The summed E-state index contributed by atoms with van der Waals surface area (Å²) in [6.07, 6.45) is 2.74. The van der Waals surface area contributed by atoms with E-state index in [4.69, 9.17) is 9.47 Å². The summed E-state index contributed by atoms with van der Waals surface area (Å²) in [4.78, 5) is 17.4. The number of rotatable bonds is 7. The number of hydrogen-bond donors (Lipinski definition) is 1. The molecule has 0 spiro atoms. The Bertz CT molecular complexity index is 858. The van der Waals surface area contributed by atoms with Crippen LogP contribution < -0.4 is 14.2 Å². The number of sulfonamides is 1. The van der Waals surface area contributed by atoms with Gasteiger partial charge in [-0.3, -0.25) is 9.69 Å². The average Bonchev–Trinajstić information content (AvgIpc) is 2.78. The molecule has 1 saturated heterocycles. The molecule has 31 heavy (non-hydrogen) atoms. The number of hydrogen-bond acceptors (Lipinski definition) is 6. The van der Waals surface area contributed by atoms with Crippen LogP contribution in [0.4, 0.5) is 0 Å². The summed E-state index contributed by atoms with van der Waals surface area (Å²) in [5, 5.41) is 0. The van der Waals surface area contributed by atoms with E-state index in [1.54, 1.807) is 6.07 Å². The predicted octanol–water partition coefficient (Wildman–Crippen LogP) is 2.09. The number of methoxy groups -OCH3 is 2. The van der Waals surface area contributed by atoms with Crippen molar-refractivity contribution in [2.75, 3.05) is 40.4 Å². The van der Waals surface area contributed by atoms with Crippen LogP contribution in [0.15, 0.2) is 23.1 Å². The minimum atomic E-state index is -3.68. The van der Waals surface area contributed by atoms with E-state index >= 15 is 0 Å². The third kappa shape index (κ3) is 5.70. The largest absolute Gasteiger partial charge is 0.493 e. The zero-order valence-electron chi connectivity index (χ0n) is 19.0. The minimum absolute atomic E-state index is 0.00701. The van der Waals surface area contributed by atoms with E-state index < -0.39 is 10.0 Å². The molecule has 8 nitrogen and oxygen atoms in total. The van der Waals surface area contributed by atoms with E-state index in [9.17, 15) is 13.2 Å². The van der Waals surface area contributed by atoms with Crippen LogP contribution in [-0.2, 0) is 14.8 Å². The van der Waals surface area contributed by atoms with E-state index in [-0.39, 0.29) is 22.8 Å². The first-order chi connectivity index (χ1) is 14.7. The van der Waals surface area contributed by atoms with Crippen molar-refractivity contribution in [3.63, 3.8) is 0 Å². The number of benzene rings is 1. The standard InChI is InChI=1S/C22H35N3O5S/c1-16(2)24-11-13-25(14-12-24)22(26)17-5-7-18(8-6-17)23-31(27,28)19-9-10-20(29-3)21(15-19)30-4/h9-10,15-18,23H,5-8,11-14H2,1-4H3. The molecule has 1 heterocycles. The van der Waals surface area contributed by atoms with Gasteiger partial charge in [0.15, 0.2) is 11.5 Å². The van der Waals surface area contributed by atoms with Gasteiger partial charge < -0.3 is 14.4 Å². The maximum absolute atomic E-state index is 12.9. The Morgan fingerprint density at radius 3 is 2.16 bits per heavy atom. The molecule has 0 atom stereocenters. The number of amides is 1. The maximum Gasteiger partial charge on any atom is 0.240 e. The molecule has 1 aromatic rings. The molecule has 1 N–H and O–H groups in total. The van der Waals surface area contributed by atoms with Crippen LogP contribution in [0, 0.1) is 5.92 Å². The van der Waals surface area contributed by atoms with Gasteiger partial charge >= 0.3 is 0 Å². The molecular weight excluding hydrogens is 418 g/mol. The van der Waals surface area contributed by atoms with Crippen molar-refractivity contribution in [1.82, 2.24) is 14.5 Å². The molecule has 1 aliphatic carbocycles. The molecule has 1 aromatic carbocycles. The Morgan fingerprint density at radius 1 is 1.00 bits per heavy atom. The summed E-state index contributed by atoms with van der Waals surface area (Å²) < 4.78 is 38.9. The van der Waals surface area contributed by atoms with Crippen LogP contribution in [0.2, 0.25) is 0 Å². The molecule has 1 amide bonds. The Kier molecular flexibility index (Phi) is 7.82. The Labute approximate surface area is 185 Å². The van der Waals surface area contributed by atoms with Crippen molar-refractivity contribution in [2.45, 2.75) is 56.5 Å². The lowest BCUT2D eigenvalue weighted by molar-refractivity contribution is -0.138. The van der Waals surface area contributed by atoms with Gasteiger partial charge in [-0.25, -0.2) is 13.1 Å². The monoisotopic (exact) mass is 453 g/mol. The van der Waals surface area contributed by atoms with Crippen LogP contribution >= 0.6 is 0 Å². The topological polar surface area (TPSA) is 88.2 Å². The second kappa shape index (κ2) is 10.2. The highest BCUT2D eigenvalue weighted by Crippen LogP contribution is 2.31. The zero-order valence-corrected chi connectivity index (χ0v) is 19.8. The van der Waals surface area contributed by atoms with Gasteiger partial charge in [-0.1, -0.05) is 0 Å². The van der Waals surface area contributed by atoms with Crippen molar-refractivity contribution >= 4 is 15.9 Å². The molecule has 2 aliphatic rings. The van der Waals surface area contributed by atoms with Crippen molar-refractivity contribution in [2.24, 2.45) is 5.92 Å². The van der Waals surface area contributed by atoms with Crippen LogP contribution in [0.5, 0.6) is 11.5 Å². The van der Waals surface area contributed by atoms with Gasteiger partial charge in [-0.15, -0.1) is 0 Å². The molecule has 1 saturated carbocycles. The summed E-state index contributed by atoms with van der Waals surface area (Å²) in [6, 6.07) is 4.90. The van der Waals surface area contributed by atoms with E-state index in [1.165, 1.54) is 26.4 Å². The highest BCUT2D eigenvalue weighted by molar-refractivity contribution is 7.89. The molecule has 0 aromatic heterocycles. The number of piperazine rings is 1. The van der Waals surface area contributed by atoms with E-state index in [0.717, 1.165) is 26.2 Å². The molecule has 0 unspecified atom stereocenters. The lowest BCUT2D eigenvalue weighted by Gasteiger charge is -2.39. The summed E-state index contributed by atoms with van der Waals surface area (Å²) >= 11 is 0. The fourth-order valence-electron chi connectivity index (χ4n) is 4.45. The quantitative estimate of drug-likeness (QED) is 0.680. The fraction of sp³-hybridized carbons (Fsp3) is 0.682. The second-order valence-electron chi connectivity index (χ2n) is 8.64. The van der Waals surface area contributed by atoms with Gasteiger partial charge in [0, 0.05) is 50.2 Å². The Morgan fingerprint density at radius 2 is 1.61 bits per heavy atom. The summed E-state index contributed by atoms with van der Waals surface area (Å²) in [6.45, 7) is 7.77. The number of carbonyl (C=O) groups excluding carboxylic acids is 1. The van der Waals surface area contributed by atoms with Crippen molar-refractivity contribution in [1.29, 1.82) is 0 Å². The summed E-state index contributed by atoms with van der Waals surface area (Å²) in [7, 11) is -0.693. The average molecular weight is 454 g/mol. The molecule has 1 aliphatic heterocycles. The van der Waals surface area contributed by atoms with Crippen LogP contribution in [0.3, 0.4) is 0 Å². The molecule has 3 rings (SSSR count). The molecule has 2 fully saturated rings. The molecule has 0 bridgehead atoms. The summed E-state index contributed by atoms with van der Waals surface area (Å²) in [5.41, 5.74) is 0. The van der Waals surface area contributed by atoms with Gasteiger partial charge in [0.1, 0.15) is 0 Å². The van der Waals surface area contributed by atoms with Crippen molar-refractivity contribution < 1.29 is 22.7 Å². The normalized spacial score (nSPS) is 23.1. The lowest BCUT2D eigenvalue weighted by Crippen LogP contribution is -2.52. The highest BCUT2D eigenvalue weighted by Gasteiger charge is 2.33. The van der Waals surface area contributed by atoms with E-state index in [2.05, 4.69) is 23.5 Å². The smallest absolute Gasteiger partial charge is 0.240 e. The second-order valence-corrected chi connectivity index (χ2v) is 10.4. The van der Waals surface area contributed by atoms with Gasteiger partial charge in [0.05, 0.1) is 19.1 Å². The first kappa shape index (κ1) is 23.8. The third-order valence-electron chi connectivity index (χ3n) is 6.42. The first-order valence-electron chi connectivity index (χ1n) is 11.0. The van der Waals surface area contributed by atoms with Gasteiger partial charge in [0.2, 0.25) is 15.9 Å². The molecular formula is C22H35N3O5S. The minimum Gasteiger partial charge on any atom is -0.493 e. The molecule has 174 valence electrons. The SMILES string of the molecule is COc1ccc(S(=O)(=O)NC2CCC(C(=O)N3CCN(C(C)C)CC3)CC2)cc1OC. The molecule has 9 heteroatoms.